The molecule has 1 aliphatic heterocycles. The summed E-state index contributed by atoms with van der Waals surface area (Å²) < 4.78 is 29.4. The summed E-state index contributed by atoms with van der Waals surface area (Å²) in [7, 11) is 1.54. The summed E-state index contributed by atoms with van der Waals surface area (Å²) in [4.78, 5) is 18.9. The summed E-state index contributed by atoms with van der Waals surface area (Å²) in [5.74, 6) is 5.81. The number of carbonyl (C=O) groups is 1. The fourth-order valence-corrected chi connectivity index (χ4v) is 3.40. The van der Waals surface area contributed by atoms with Crippen molar-refractivity contribution in [2.24, 2.45) is 10.7 Å². The molecule has 1 atom stereocenters. The summed E-state index contributed by atoms with van der Waals surface area (Å²) in [6, 6.07) is 13.3. The highest BCUT2D eigenvalue weighted by atomic mass is 19.3. The minimum Gasteiger partial charge on any atom is -0.435 e. The Morgan fingerprint density at radius 3 is 2.61 bits per heavy atom. The summed E-state index contributed by atoms with van der Waals surface area (Å²) in [6.45, 7) is -2.85. The van der Waals surface area contributed by atoms with E-state index in [2.05, 4.69) is 21.6 Å². The van der Waals surface area contributed by atoms with Gasteiger partial charge in [-0.1, -0.05) is 36.1 Å². The van der Waals surface area contributed by atoms with E-state index in [9.17, 15) is 13.6 Å². The number of hydrogen-bond donors (Lipinski definition) is 2. The second kappa shape index (κ2) is 9.58. The number of benzene rings is 2. The van der Waals surface area contributed by atoms with Gasteiger partial charge >= 0.3 is 6.61 Å². The Labute approximate surface area is 179 Å². The number of amides is 1. The number of nitrogens with zero attached hydrogens (tertiary/aromatic N) is 2. The largest absolute Gasteiger partial charge is 0.435 e. The van der Waals surface area contributed by atoms with Gasteiger partial charge in [0.25, 0.3) is 5.91 Å². The molecule has 1 amide bonds. The third kappa shape index (κ3) is 5.01. The van der Waals surface area contributed by atoms with E-state index in [4.69, 9.17) is 10.8 Å². The fourth-order valence-electron chi connectivity index (χ4n) is 3.40. The van der Waals surface area contributed by atoms with Gasteiger partial charge in [0.15, 0.2) is 11.5 Å². The first-order valence-corrected chi connectivity index (χ1v) is 9.73. The van der Waals surface area contributed by atoms with Gasteiger partial charge in [0.05, 0.1) is 0 Å². The maximum Gasteiger partial charge on any atom is 0.387 e. The van der Waals surface area contributed by atoms with E-state index in [0.717, 1.165) is 11.1 Å². The Hall–Kier alpha value is -3.44. The summed E-state index contributed by atoms with van der Waals surface area (Å²) in [6.07, 6.45) is 1.41. The van der Waals surface area contributed by atoms with Gasteiger partial charge in [0.2, 0.25) is 0 Å². The molecule has 0 radical (unpaired) electrons. The van der Waals surface area contributed by atoms with E-state index in [-0.39, 0.29) is 30.6 Å². The van der Waals surface area contributed by atoms with Crippen molar-refractivity contribution < 1.29 is 23.4 Å². The van der Waals surface area contributed by atoms with Crippen LogP contribution < -0.4 is 10.5 Å². The van der Waals surface area contributed by atoms with Crippen molar-refractivity contribution in [1.82, 2.24) is 4.90 Å². The highest BCUT2D eigenvalue weighted by molar-refractivity contribution is 6.07. The molecule has 1 unspecified atom stereocenters. The molecule has 8 heteroatoms. The van der Waals surface area contributed by atoms with E-state index in [1.165, 1.54) is 17.0 Å². The number of guanidine groups is 1. The summed E-state index contributed by atoms with van der Waals surface area (Å²) in [5, 5.41) is 8.86. The smallest absolute Gasteiger partial charge is 0.387 e. The number of nitrogens with two attached hydrogens (primary N) is 1. The number of hydrogen-bond acceptors (Lipinski definition) is 5. The zero-order chi connectivity index (χ0) is 22.4. The number of aliphatic hydroxyl groups excluding tert-OH is 1. The second-order valence-electron chi connectivity index (χ2n) is 7.10. The van der Waals surface area contributed by atoms with E-state index >= 15 is 0 Å². The SMILES string of the molecule is CN1C(=O)C(Cc2cccc(C#CCCCO)c2)(c2ccc(OC(F)F)cc2)N=C1N. The number of aliphatic hydroxyl groups is 1. The number of carbonyl (C=O) groups excluding carboxylic acids is 1. The van der Waals surface area contributed by atoms with Crippen molar-refractivity contribution in [3.8, 4) is 17.6 Å². The van der Waals surface area contributed by atoms with Crippen LogP contribution in [0.1, 0.15) is 29.5 Å². The van der Waals surface area contributed by atoms with E-state index < -0.39 is 12.2 Å². The van der Waals surface area contributed by atoms with Gasteiger partial charge in [-0.05, 0) is 41.8 Å². The van der Waals surface area contributed by atoms with Gasteiger partial charge in [-0.25, -0.2) is 4.99 Å². The standard InChI is InChI=1S/C23H23F2N3O3/c1-28-20(30)23(27-22(28)26,18-9-11-19(12-10-18)31-21(24)25)15-17-8-5-7-16(14-17)6-3-2-4-13-29/h5,7-12,14,21,29H,2,4,13,15H2,1H3,(H2,26,27). The van der Waals surface area contributed by atoms with Crippen LogP contribution in [0.3, 0.4) is 0 Å². The van der Waals surface area contributed by atoms with Crippen LogP contribution in [0.25, 0.3) is 0 Å². The Morgan fingerprint density at radius 1 is 1.26 bits per heavy atom. The molecule has 0 bridgehead atoms. The van der Waals surface area contributed by atoms with Crippen LogP contribution in [0.4, 0.5) is 8.78 Å². The molecule has 31 heavy (non-hydrogen) atoms. The fraction of sp³-hybridized carbons (Fsp3) is 0.304. The minimum atomic E-state index is -2.94. The highest BCUT2D eigenvalue weighted by Crippen LogP contribution is 2.37. The predicted octanol–water partition coefficient (Wildman–Crippen LogP) is 2.64. The topological polar surface area (TPSA) is 88.2 Å². The lowest BCUT2D eigenvalue weighted by molar-refractivity contribution is -0.130. The Kier molecular flexibility index (Phi) is 6.88. The van der Waals surface area contributed by atoms with E-state index in [1.807, 2.05) is 24.3 Å². The zero-order valence-corrected chi connectivity index (χ0v) is 17.0. The molecule has 0 saturated heterocycles. The summed E-state index contributed by atoms with van der Waals surface area (Å²) >= 11 is 0. The van der Waals surface area contributed by atoms with Gasteiger partial charge < -0.3 is 15.6 Å². The minimum absolute atomic E-state index is 0.00944. The van der Waals surface area contributed by atoms with Gasteiger partial charge in [-0.3, -0.25) is 9.69 Å². The molecular formula is C23H23F2N3O3. The third-order valence-corrected chi connectivity index (χ3v) is 4.94. The van der Waals surface area contributed by atoms with E-state index in [1.54, 1.807) is 19.2 Å². The van der Waals surface area contributed by atoms with Crippen LogP contribution >= 0.6 is 0 Å². The van der Waals surface area contributed by atoms with Crippen LogP contribution in [0, 0.1) is 11.8 Å². The number of aliphatic imine (C=N–C) groups is 1. The molecule has 2 aromatic carbocycles. The monoisotopic (exact) mass is 427 g/mol. The normalized spacial score (nSPS) is 18.0. The van der Waals surface area contributed by atoms with Crippen molar-refractivity contribution in [1.29, 1.82) is 0 Å². The first-order chi connectivity index (χ1) is 14.9. The quantitative estimate of drug-likeness (QED) is 0.525. The maximum atomic E-state index is 13.2. The zero-order valence-electron chi connectivity index (χ0n) is 17.0. The molecule has 1 aliphatic rings. The molecule has 3 rings (SSSR count). The molecule has 0 spiro atoms. The van der Waals surface area contributed by atoms with E-state index in [0.29, 0.717) is 18.4 Å². The van der Waals surface area contributed by atoms with Crippen LogP contribution in [0.15, 0.2) is 53.5 Å². The van der Waals surface area contributed by atoms with Crippen molar-refractivity contribution >= 4 is 11.9 Å². The lowest BCUT2D eigenvalue weighted by Crippen LogP contribution is -2.41. The number of ether oxygens (including phenoxy) is 1. The average Bonchev–Trinajstić information content (AvgIpc) is 2.96. The van der Waals surface area contributed by atoms with Crippen LogP contribution in [-0.2, 0) is 16.8 Å². The first-order valence-electron chi connectivity index (χ1n) is 9.73. The van der Waals surface area contributed by atoms with Crippen LogP contribution in [0.5, 0.6) is 5.75 Å². The molecule has 2 aromatic rings. The van der Waals surface area contributed by atoms with Gasteiger partial charge in [0.1, 0.15) is 5.75 Å². The molecule has 6 nitrogen and oxygen atoms in total. The highest BCUT2D eigenvalue weighted by Gasteiger charge is 2.48. The molecule has 3 N–H and O–H groups in total. The number of likely N-dealkylation sites (N-methyl/N-ethyl adjacent to an activating group) is 1. The molecule has 162 valence electrons. The number of alkyl halides is 2. The Bertz CT molecular complexity index is 1030. The van der Waals surface area contributed by atoms with Crippen LogP contribution in [0.2, 0.25) is 0 Å². The van der Waals surface area contributed by atoms with Crippen LogP contribution in [-0.4, -0.2) is 42.1 Å². The molecule has 0 saturated carbocycles. The van der Waals surface area contributed by atoms with Crippen molar-refractivity contribution in [3.05, 3.63) is 65.2 Å². The first kappa shape index (κ1) is 22.2. The number of halogens is 2. The number of rotatable bonds is 7. The maximum absolute atomic E-state index is 13.2. The van der Waals surface area contributed by atoms with Gasteiger partial charge in [0, 0.05) is 32.1 Å². The van der Waals surface area contributed by atoms with Crippen molar-refractivity contribution in [3.63, 3.8) is 0 Å². The molecule has 0 aliphatic carbocycles. The average molecular weight is 427 g/mol. The molecule has 1 heterocycles. The third-order valence-electron chi connectivity index (χ3n) is 4.94. The lowest BCUT2D eigenvalue weighted by atomic mass is 9.83. The Balaban J connectivity index is 1.94. The second-order valence-corrected chi connectivity index (χ2v) is 7.10. The van der Waals surface area contributed by atoms with Gasteiger partial charge in [-0.15, -0.1) is 0 Å². The van der Waals surface area contributed by atoms with Gasteiger partial charge in [-0.2, -0.15) is 8.78 Å². The summed E-state index contributed by atoms with van der Waals surface area (Å²) in [5.41, 5.74) is 6.75. The predicted molar refractivity (Wildman–Crippen MR) is 112 cm³/mol. The Morgan fingerprint density at radius 2 is 2.00 bits per heavy atom. The molecule has 0 aromatic heterocycles. The number of unbranched alkanes of at least 4 members (excludes halogenated alkanes) is 1. The molecular weight excluding hydrogens is 404 g/mol. The lowest BCUT2D eigenvalue weighted by Gasteiger charge is -2.26. The van der Waals surface area contributed by atoms with Crippen molar-refractivity contribution in [2.75, 3.05) is 13.7 Å². The van der Waals surface area contributed by atoms with Crippen molar-refractivity contribution in [2.45, 2.75) is 31.4 Å². The molecule has 0 fully saturated rings.